The second-order valence-corrected chi connectivity index (χ2v) is 4.20. The van der Waals surface area contributed by atoms with Crippen molar-refractivity contribution in [2.45, 2.75) is 44.3 Å². The molecule has 22 heavy (non-hydrogen) atoms. The van der Waals surface area contributed by atoms with E-state index in [2.05, 4.69) is 4.74 Å². The fraction of sp³-hybridized carbons (Fsp3) is 0.727. The lowest BCUT2D eigenvalue weighted by Gasteiger charge is -2.23. The van der Waals surface area contributed by atoms with Crippen molar-refractivity contribution in [2.24, 2.45) is 0 Å². The maximum Gasteiger partial charge on any atom is 0.463 e. The van der Waals surface area contributed by atoms with Gasteiger partial charge in [-0.05, 0) is 6.42 Å². The molecule has 0 aliphatic carbocycles. The second kappa shape index (κ2) is 7.90. The molecule has 0 aromatic rings. The van der Waals surface area contributed by atoms with E-state index in [1.54, 1.807) is 6.92 Å². The molecule has 0 saturated carbocycles. The van der Waals surface area contributed by atoms with Crippen LogP contribution in [0.4, 0.5) is 22.0 Å². The van der Waals surface area contributed by atoms with Gasteiger partial charge in [0.2, 0.25) is 0 Å². The van der Waals surface area contributed by atoms with E-state index in [1.165, 1.54) is 0 Å². The van der Waals surface area contributed by atoms with Gasteiger partial charge in [0.15, 0.2) is 0 Å². The standard InChI is InChI=1S/C11H14F5NO5/c1-2-3-4-22-8(20)6(5-7(18)19)17-9(21)10(12,13)11(14,15)16/h6H,2-5H2,1H3,(H,17,21)(H,18,19)/p-1/t6-/m0/s1. The third-order valence-electron chi connectivity index (χ3n) is 2.34. The highest BCUT2D eigenvalue weighted by molar-refractivity contribution is 5.90. The molecule has 0 saturated heterocycles. The molecule has 11 heteroatoms. The largest absolute Gasteiger partial charge is 0.550 e. The number of halogens is 5. The second-order valence-electron chi connectivity index (χ2n) is 4.20. The summed E-state index contributed by atoms with van der Waals surface area (Å²) in [7, 11) is 0. The quantitative estimate of drug-likeness (QED) is 0.387. The minimum absolute atomic E-state index is 0.204. The first kappa shape index (κ1) is 20.1. The molecule has 1 atom stereocenters. The number of unbranched alkanes of at least 4 members (excludes halogenated alkanes) is 1. The van der Waals surface area contributed by atoms with Gasteiger partial charge in [0, 0.05) is 12.4 Å². The van der Waals surface area contributed by atoms with E-state index in [0.717, 1.165) is 5.32 Å². The number of carbonyl (C=O) groups is 3. The Morgan fingerprint density at radius 1 is 1.18 bits per heavy atom. The first-order chi connectivity index (χ1) is 9.93. The number of esters is 1. The maximum absolute atomic E-state index is 12.7. The van der Waals surface area contributed by atoms with Gasteiger partial charge < -0.3 is 20.0 Å². The summed E-state index contributed by atoms with van der Waals surface area (Å²) in [5.41, 5.74) is 0. The Labute approximate surface area is 121 Å². The van der Waals surface area contributed by atoms with Gasteiger partial charge in [-0.2, -0.15) is 22.0 Å². The summed E-state index contributed by atoms with van der Waals surface area (Å²) in [6.07, 6.45) is -6.55. The van der Waals surface area contributed by atoms with Crippen molar-refractivity contribution in [3.8, 4) is 0 Å². The molecule has 0 aromatic carbocycles. The molecule has 6 nitrogen and oxygen atoms in total. The lowest BCUT2D eigenvalue weighted by atomic mass is 10.2. The lowest BCUT2D eigenvalue weighted by molar-refractivity contribution is -0.306. The summed E-state index contributed by atoms with van der Waals surface area (Å²) in [5, 5.41) is 11.4. The van der Waals surface area contributed by atoms with Crippen molar-refractivity contribution in [3.63, 3.8) is 0 Å². The highest BCUT2D eigenvalue weighted by atomic mass is 19.4. The van der Waals surface area contributed by atoms with Gasteiger partial charge in [-0.25, -0.2) is 4.79 Å². The van der Waals surface area contributed by atoms with Gasteiger partial charge in [-0.15, -0.1) is 0 Å². The summed E-state index contributed by atoms with van der Waals surface area (Å²) in [6, 6.07) is -2.21. The number of rotatable bonds is 8. The molecule has 0 radical (unpaired) electrons. The number of ether oxygens (including phenoxy) is 1. The highest BCUT2D eigenvalue weighted by Gasteiger charge is 2.63. The Morgan fingerprint density at radius 3 is 2.14 bits per heavy atom. The SMILES string of the molecule is CCCCOC(=O)[C@H](CC(=O)[O-])NC(=O)C(F)(F)C(F)(F)F. The number of hydrogen-bond donors (Lipinski definition) is 1. The predicted molar refractivity (Wildman–Crippen MR) is 58.4 cm³/mol. The zero-order valence-electron chi connectivity index (χ0n) is 11.3. The van der Waals surface area contributed by atoms with Gasteiger partial charge in [0.25, 0.3) is 0 Å². The molecule has 0 rings (SSSR count). The minimum Gasteiger partial charge on any atom is -0.550 e. The van der Waals surface area contributed by atoms with Crippen LogP contribution >= 0.6 is 0 Å². The van der Waals surface area contributed by atoms with Crippen LogP contribution in [0.3, 0.4) is 0 Å². The van der Waals surface area contributed by atoms with Gasteiger partial charge in [0.05, 0.1) is 6.61 Å². The first-order valence-electron chi connectivity index (χ1n) is 6.05. The molecule has 1 N–H and O–H groups in total. The van der Waals surface area contributed by atoms with Gasteiger partial charge in [-0.1, -0.05) is 13.3 Å². The van der Waals surface area contributed by atoms with Crippen LogP contribution in [-0.4, -0.2) is 42.6 Å². The van der Waals surface area contributed by atoms with E-state index in [0.29, 0.717) is 12.8 Å². The molecule has 0 heterocycles. The number of carboxylic acid groups (broad SMARTS) is 1. The Balaban J connectivity index is 4.96. The van der Waals surface area contributed by atoms with E-state index in [9.17, 15) is 41.4 Å². The average Bonchev–Trinajstić information content (AvgIpc) is 2.36. The Kier molecular flexibility index (Phi) is 7.20. The lowest BCUT2D eigenvalue weighted by Crippen LogP contribution is -2.55. The van der Waals surface area contributed by atoms with Crippen LogP contribution in [0.25, 0.3) is 0 Å². The zero-order chi connectivity index (χ0) is 17.6. The average molecular weight is 334 g/mol. The number of alkyl halides is 5. The van der Waals surface area contributed by atoms with Gasteiger partial charge in [0.1, 0.15) is 6.04 Å². The fourth-order valence-electron chi connectivity index (χ4n) is 1.16. The molecule has 0 unspecified atom stereocenters. The van der Waals surface area contributed by atoms with Crippen molar-refractivity contribution in [2.75, 3.05) is 6.61 Å². The van der Waals surface area contributed by atoms with E-state index >= 15 is 0 Å². The van der Waals surface area contributed by atoms with Crippen LogP contribution < -0.4 is 10.4 Å². The van der Waals surface area contributed by atoms with Crippen LogP contribution in [0, 0.1) is 0 Å². The number of carbonyl (C=O) groups excluding carboxylic acids is 3. The molecule has 0 fully saturated rings. The van der Waals surface area contributed by atoms with Gasteiger partial charge >= 0.3 is 24.0 Å². The van der Waals surface area contributed by atoms with Crippen molar-refractivity contribution >= 4 is 17.8 Å². The highest BCUT2D eigenvalue weighted by Crippen LogP contribution is 2.35. The molecular formula is C11H13F5NO5-. The van der Waals surface area contributed by atoms with E-state index < -0.39 is 42.4 Å². The number of hydrogen-bond acceptors (Lipinski definition) is 5. The summed E-state index contributed by atoms with van der Waals surface area (Å²) in [6.45, 7) is 1.52. The van der Waals surface area contributed by atoms with Crippen molar-refractivity contribution < 1.29 is 46.2 Å². The smallest absolute Gasteiger partial charge is 0.463 e. The van der Waals surface area contributed by atoms with Crippen molar-refractivity contribution in [1.82, 2.24) is 5.32 Å². The van der Waals surface area contributed by atoms with Crippen molar-refractivity contribution in [3.05, 3.63) is 0 Å². The van der Waals surface area contributed by atoms with Crippen molar-refractivity contribution in [1.29, 1.82) is 0 Å². The molecule has 0 aromatic heterocycles. The summed E-state index contributed by atoms with van der Waals surface area (Å²) in [4.78, 5) is 32.7. The summed E-state index contributed by atoms with van der Waals surface area (Å²) < 4.78 is 65.9. The normalized spacial score (nSPS) is 13.4. The summed E-state index contributed by atoms with van der Waals surface area (Å²) >= 11 is 0. The number of amides is 1. The van der Waals surface area contributed by atoms with E-state index in [1.807, 2.05) is 0 Å². The van der Waals surface area contributed by atoms with Crippen LogP contribution in [0.15, 0.2) is 0 Å². The van der Waals surface area contributed by atoms with Crippen LogP contribution in [-0.2, 0) is 19.1 Å². The topological polar surface area (TPSA) is 95.5 Å². The third kappa shape index (κ3) is 5.82. The van der Waals surface area contributed by atoms with E-state index in [-0.39, 0.29) is 6.61 Å². The van der Waals surface area contributed by atoms with Gasteiger partial charge in [-0.3, -0.25) is 4.79 Å². The monoisotopic (exact) mass is 334 g/mol. The fourth-order valence-corrected chi connectivity index (χ4v) is 1.16. The zero-order valence-corrected chi connectivity index (χ0v) is 11.3. The molecular weight excluding hydrogens is 321 g/mol. The van der Waals surface area contributed by atoms with Crippen LogP contribution in [0.1, 0.15) is 26.2 Å². The maximum atomic E-state index is 12.7. The Bertz CT molecular complexity index is 424. The molecule has 0 spiro atoms. The molecule has 0 aliphatic heterocycles. The molecule has 0 aliphatic rings. The predicted octanol–water partition coefficient (Wildman–Crippen LogP) is 0.152. The Hall–Kier alpha value is -1.94. The minimum atomic E-state index is -6.19. The number of nitrogens with one attached hydrogen (secondary N) is 1. The number of carboxylic acids is 1. The third-order valence-corrected chi connectivity index (χ3v) is 2.34. The van der Waals surface area contributed by atoms with Crippen LogP contribution in [0.2, 0.25) is 0 Å². The molecule has 128 valence electrons. The first-order valence-corrected chi connectivity index (χ1v) is 6.05. The summed E-state index contributed by atoms with van der Waals surface area (Å²) in [5.74, 6) is -12.0. The van der Waals surface area contributed by atoms with Crippen LogP contribution in [0.5, 0.6) is 0 Å². The molecule has 0 bridgehead atoms. The number of aliphatic carboxylic acids is 1. The van der Waals surface area contributed by atoms with E-state index in [4.69, 9.17) is 0 Å². The molecule has 1 amide bonds. The Morgan fingerprint density at radius 2 is 1.73 bits per heavy atom.